The van der Waals surface area contributed by atoms with Crippen LogP contribution in [0.15, 0.2) is 30.6 Å². The van der Waals surface area contributed by atoms with Crippen LogP contribution < -0.4 is 10.2 Å². The molecule has 33 heavy (non-hydrogen) atoms. The van der Waals surface area contributed by atoms with E-state index in [2.05, 4.69) is 41.0 Å². The van der Waals surface area contributed by atoms with Gasteiger partial charge in [-0.15, -0.1) is 0 Å². The van der Waals surface area contributed by atoms with Gasteiger partial charge in [0.15, 0.2) is 0 Å². The molecule has 1 amide bonds. The molecule has 8 heteroatoms. The number of benzene rings is 1. The summed E-state index contributed by atoms with van der Waals surface area (Å²) >= 11 is 6.08. The van der Waals surface area contributed by atoms with E-state index >= 15 is 0 Å². The Morgan fingerprint density at radius 2 is 1.91 bits per heavy atom. The third kappa shape index (κ3) is 5.65. The maximum atomic E-state index is 13.6. The third-order valence-electron chi connectivity index (χ3n) is 6.48. The second-order valence-electron chi connectivity index (χ2n) is 9.26. The number of fused-ring (bicyclic) bond motifs is 1. The Balaban J connectivity index is 1.47. The van der Waals surface area contributed by atoms with Crippen molar-refractivity contribution in [2.24, 2.45) is 0 Å². The zero-order chi connectivity index (χ0) is 23.4. The molecule has 178 valence electrons. The highest BCUT2D eigenvalue weighted by Gasteiger charge is 2.31. The molecule has 4 rings (SSSR count). The van der Waals surface area contributed by atoms with E-state index in [1.807, 2.05) is 29.2 Å². The smallest absolute Gasteiger partial charge is 0.231 e. The average Bonchev–Trinajstić information content (AvgIpc) is 3.01. The van der Waals surface area contributed by atoms with Crippen LogP contribution in [0.1, 0.15) is 49.4 Å². The second kappa shape index (κ2) is 10.8. The molecule has 0 aliphatic carbocycles. The van der Waals surface area contributed by atoms with Crippen molar-refractivity contribution in [3.05, 3.63) is 52.4 Å². The molecule has 1 saturated heterocycles. The number of carbonyl (C=O) groups excluding carboxylic acids is 1. The van der Waals surface area contributed by atoms with Crippen LogP contribution >= 0.6 is 11.6 Å². The van der Waals surface area contributed by atoms with E-state index in [1.54, 1.807) is 6.33 Å². The lowest BCUT2D eigenvalue weighted by Gasteiger charge is -2.38. The number of nitrogens with zero attached hydrogens (tertiary/aromatic N) is 4. The number of carbonyl (C=O) groups is 1. The predicted octanol–water partition coefficient (Wildman–Crippen LogP) is 3.24. The summed E-state index contributed by atoms with van der Waals surface area (Å²) in [6.45, 7) is 11.2. The number of ether oxygens (including phenoxy) is 1. The zero-order valence-electron chi connectivity index (χ0n) is 19.8. The van der Waals surface area contributed by atoms with Crippen LogP contribution in [0, 0.1) is 0 Å². The van der Waals surface area contributed by atoms with Gasteiger partial charge in [0, 0.05) is 61.7 Å². The summed E-state index contributed by atoms with van der Waals surface area (Å²) in [5.74, 6) is 1.19. The van der Waals surface area contributed by atoms with Crippen LogP contribution in [0.2, 0.25) is 5.02 Å². The highest BCUT2D eigenvalue weighted by molar-refractivity contribution is 6.30. The van der Waals surface area contributed by atoms with Crippen molar-refractivity contribution in [2.45, 2.75) is 45.1 Å². The number of aromatic nitrogens is 2. The molecular formula is C25H34ClN5O2. The van der Waals surface area contributed by atoms with Gasteiger partial charge in [-0.05, 0) is 17.7 Å². The first-order valence-electron chi connectivity index (χ1n) is 11.9. The molecule has 1 N–H and O–H groups in total. The Morgan fingerprint density at radius 1 is 1.18 bits per heavy atom. The lowest BCUT2D eigenvalue weighted by atomic mass is 9.96. The fourth-order valence-corrected chi connectivity index (χ4v) is 4.77. The minimum Gasteiger partial charge on any atom is -0.380 e. The summed E-state index contributed by atoms with van der Waals surface area (Å²) in [7, 11) is 0. The minimum absolute atomic E-state index is 0.161. The zero-order valence-corrected chi connectivity index (χ0v) is 20.5. The van der Waals surface area contributed by atoms with Gasteiger partial charge in [0.2, 0.25) is 5.91 Å². The molecule has 2 atom stereocenters. The number of piperazine rings is 1. The normalized spacial score (nSPS) is 19.8. The topological polar surface area (TPSA) is 70.6 Å². The predicted molar refractivity (Wildman–Crippen MR) is 131 cm³/mol. The van der Waals surface area contributed by atoms with Crippen LogP contribution in [-0.2, 0) is 16.0 Å². The highest BCUT2D eigenvalue weighted by Crippen LogP contribution is 2.31. The molecule has 1 aromatic carbocycles. The molecule has 1 fully saturated rings. The number of amides is 1. The van der Waals surface area contributed by atoms with Gasteiger partial charge in [-0.1, -0.05) is 44.5 Å². The first-order valence-corrected chi connectivity index (χ1v) is 12.3. The maximum absolute atomic E-state index is 13.6. The molecule has 2 aliphatic heterocycles. The molecular weight excluding hydrogens is 438 g/mol. The molecule has 2 aromatic rings. The average molecular weight is 472 g/mol. The van der Waals surface area contributed by atoms with Gasteiger partial charge in [-0.25, -0.2) is 9.97 Å². The first kappa shape index (κ1) is 23.9. The molecule has 2 aliphatic rings. The van der Waals surface area contributed by atoms with E-state index in [-0.39, 0.29) is 17.7 Å². The largest absolute Gasteiger partial charge is 0.380 e. The van der Waals surface area contributed by atoms with E-state index in [1.165, 1.54) is 5.56 Å². The number of hydrogen-bond donors (Lipinski definition) is 1. The standard InChI is InChI=1S/C25H34ClN5O2/c1-17(2)27-14-21(19-4-6-20(26)7-5-19)25(32)31-11-9-30(10-12-31)24-23-18(3)15-33-13-8-22(23)28-16-29-24/h4-7,16-18,21,27H,8-15H2,1-3H3/t18-,21-/m1/s1. The van der Waals surface area contributed by atoms with Crippen molar-refractivity contribution in [1.29, 1.82) is 0 Å². The summed E-state index contributed by atoms with van der Waals surface area (Å²) in [5.41, 5.74) is 3.29. The second-order valence-corrected chi connectivity index (χ2v) is 9.70. The van der Waals surface area contributed by atoms with Gasteiger partial charge in [0.1, 0.15) is 12.1 Å². The van der Waals surface area contributed by atoms with Crippen molar-refractivity contribution < 1.29 is 9.53 Å². The van der Waals surface area contributed by atoms with Gasteiger partial charge in [0.25, 0.3) is 0 Å². The Kier molecular flexibility index (Phi) is 7.83. The molecule has 0 unspecified atom stereocenters. The van der Waals surface area contributed by atoms with Gasteiger partial charge in [0.05, 0.1) is 24.8 Å². The molecule has 1 aromatic heterocycles. The van der Waals surface area contributed by atoms with Gasteiger partial charge in [-0.2, -0.15) is 0 Å². The Bertz CT molecular complexity index is 944. The van der Waals surface area contributed by atoms with Crippen LogP contribution in [0.25, 0.3) is 0 Å². The van der Waals surface area contributed by atoms with Gasteiger partial charge < -0.3 is 19.9 Å². The van der Waals surface area contributed by atoms with E-state index in [0.717, 1.165) is 36.6 Å². The van der Waals surface area contributed by atoms with E-state index in [4.69, 9.17) is 16.3 Å². The number of hydrogen-bond acceptors (Lipinski definition) is 6. The lowest BCUT2D eigenvalue weighted by molar-refractivity contribution is -0.133. The molecule has 0 spiro atoms. The summed E-state index contributed by atoms with van der Waals surface area (Å²) in [6, 6.07) is 7.95. The molecule has 0 saturated carbocycles. The Hall–Kier alpha value is -2.22. The molecule has 0 bridgehead atoms. The fraction of sp³-hybridized carbons (Fsp3) is 0.560. The number of halogens is 1. The van der Waals surface area contributed by atoms with Gasteiger partial charge >= 0.3 is 0 Å². The summed E-state index contributed by atoms with van der Waals surface area (Å²) < 4.78 is 5.74. The SMILES string of the molecule is CC(C)NC[C@@H](C(=O)N1CCN(c2ncnc3c2[C@H](C)COCC3)CC1)c1ccc(Cl)cc1. The van der Waals surface area contributed by atoms with E-state index in [0.29, 0.717) is 43.9 Å². The van der Waals surface area contributed by atoms with Crippen molar-refractivity contribution in [3.63, 3.8) is 0 Å². The summed E-state index contributed by atoms with van der Waals surface area (Å²) in [6.07, 6.45) is 2.48. The van der Waals surface area contributed by atoms with E-state index in [9.17, 15) is 4.79 Å². The van der Waals surface area contributed by atoms with Gasteiger partial charge in [-0.3, -0.25) is 4.79 Å². The van der Waals surface area contributed by atoms with Crippen molar-refractivity contribution in [1.82, 2.24) is 20.2 Å². The van der Waals surface area contributed by atoms with E-state index < -0.39 is 0 Å². The van der Waals surface area contributed by atoms with Crippen molar-refractivity contribution >= 4 is 23.3 Å². The fourth-order valence-electron chi connectivity index (χ4n) is 4.65. The number of anilines is 1. The lowest BCUT2D eigenvalue weighted by Crippen LogP contribution is -2.51. The Morgan fingerprint density at radius 3 is 2.61 bits per heavy atom. The molecule has 0 radical (unpaired) electrons. The van der Waals surface area contributed by atoms with Crippen molar-refractivity contribution in [3.8, 4) is 0 Å². The van der Waals surface area contributed by atoms with Crippen LogP contribution in [0.3, 0.4) is 0 Å². The monoisotopic (exact) mass is 471 g/mol. The first-order chi connectivity index (χ1) is 15.9. The Labute approximate surface area is 201 Å². The summed E-state index contributed by atoms with van der Waals surface area (Å²) in [5, 5.41) is 4.12. The minimum atomic E-state index is -0.233. The van der Waals surface area contributed by atoms with Crippen LogP contribution in [0.5, 0.6) is 0 Å². The number of rotatable bonds is 6. The highest BCUT2D eigenvalue weighted by atomic mass is 35.5. The van der Waals surface area contributed by atoms with Crippen LogP contribution in [0.4, 0.5) is 5.82 Å². The molecule has 3 heterocycles. The molecule has 7 nitrogen and oxygen atoms in total. The quantitative estimate of drug-likeness (QED) is 0.697. The number of nitrogens with one attached hydrogen (secondary N) is 1. The summed E-state index contributed by atoms with van der Waals surface area (Å²) in [4.78, 5) is 27.0. The maximum Gasteiger partial charge on any atom is 0.231 e. The third-order valence-corrected chi connectivity index (χ3v) is 6.73. The van der Waals surface area contributed by atoms with Crippen LogP contribution in [-0.4, -0.2) is 72.8 Å². The van der Waals surface area contributed by atoms with Crippen molar-refractivity contribution in [2.75, 3.05) is 50.8 Å².